The summed E-state index contributed by atoms with van der Waals surface area (Å²) in [7, 11) is -4.03. The summed E-state index contributed by atoms with van der Waals surface area (Å²) < 4.78 is 31.6. The molecule has 0 amide bonds. The van der Waals surface area contributed by atoms with Crippen LogP contribution < -0.4 is 0 Å². The van der Waals surface area contributed by atoms with Crippen LogP contribution in [0.4, 0.5) is 0 Å². The van der Waals surface area contributed by atoms with Crippen LogP contribution in [0.2, 0.25) is 0 Å². The molecule has 0 fully saturated rings. The number of hydrogen-bond acceptors (Lipinski definition) is 5. The third-order valence-corrected chi connectivity index (χ3v) is 4.29. The summed E-state index contributed by atoms with van der Waals surface area (Å²) in [5.41, 5.74) is 0. The molecule has 134 valence electrons. The van der Waals surface area contributed by atoms with Crippen molar-refractivity contribution >= 4 is 10.4 Å². The Bertz CT molecular complexity index is 342. The van der Waals surface area contributed by atoms with Crippen molar-refractivity contribution in [2.45, 2.75) is 79.1 Å². The Morgan fingerprint density at radius 2 is 1.55 bits per heavy atom. The highest BCUT2D eigenvalue weighted by atomic mass is 32.3. The molecule has 0 aliphatic heterocycles. The Morgan fingerprint density at radius 3 is 2.18 bits per heavy atom. The zero-order valence-electron chi connectivity index (χ0n) is 14.7. The van der Waals surface area contributed by atoms with Crippen molar-refractivity contribution in [3.8, 4) is 0 Å². The van der Waals surface area contributed by atoms with E-state index in [0.717, 1.165) is 6.42 Å². The van der Waals surface area contributed by atoms with E-state index in [0.29, 0.717) is 5.92 Å². The molecule has 0 heterocycles. The van der Waals surface area contributed by atoms with Crippen LogP contribution in [0.15, 0.2) is 0 Å². The quantitative estimate of drug-likeness (QED) is 0.247. The molecule has 0 aromatic rings. The Morgan fingerprint density at radius 1 is 0.909 bits per heavy atom. The van der Waals surface area contributed by atoms with Crippen LogP contribution in [0.1, 0.15) is 79.1 Å². The second-order valence-corrected chi connectivity index (χ2v) is 7.36. The van der Waals surface area contributed by atoms with Gasteiger partial charge in [0.15, 0.2) is 0 Å². The van der Waals surface area contributed by atoms with Crippen LogP contribution in [0.5, 0.6) is 0 Å². The standard InChI is InChI=1S/C16H34O5S/c1-5-7-8-9-10-11-12-15(3)13-16(4)14-20-22(17,18)21-19-6-2/h15-16H,5-14H2,1-4H3. The molecular weight excluding hydrogens is 304 g/mol. The van der Waals surface area contributed by atoms with Crippen LogP contribution >= 0.6 is 0 Å². The van der Waals surface area contributed by atoms with Gasteiger partial charge in [-0.3, -0.25) is 0 Å². The summed E-state index contributed by atoms with van der Waals surface area (Å²) in [6.45, 7) is 8.37. The van der Waals surface area contributed by atoms with Gasteiger partial charge in [0, 0.05) is 0 Å². The maximum atomic E-state index is 11.3. The summed E-state index contributed by atoms with van der Waals surface area (Å²) in [5.74, 6) is 0.760. The maximum absolute atomic E-state index is 11.3. The van der Waals surface area contributed by atoms with Gasteiger partial charge in [0.1, 0.15) is 0 Å². The Kier molecular flexibility index (Phi) is 13.2. The first-order valence-corrected chi connectivity index (χ1v) is 9.95. The molecule has 0 aliphatic rings. The second kappa shape index (κ2) is 13.3. The van der Waals surface area contributed by atoms with Crippen molar-refractivity contribution in [2.24, 2.45) is 11.8 Å². The molecule has 0 aromatic heterocycles. The number of hydrogen-bond donors (Lipinski definition) is 0. The third-order valence-electron chi connectivity index (χ3n) is 3.60. The fourth-order valence-electron chi connectivity index (χ4n) is 2.47. The molecule has 0 rings (SSSR count). The van der Waals surface area contributed by atoms with Crippen LogP contribution in [0, 0.1) is 11.8 Å². The largest absolute Gasteiger partial charge is 0.426 e. The van der Waals surface area contributed by atoms with E-state index in [4.69, 9.17) is 4.18 Å². The average Bonchev–Trinajstić information content (AvgIpc) is 2.47. The lowest BCUT2D eigenvalue weighted by Gasteiger charge is -2.16. The van der Waals surface area contributed by atoms with Crippen LogP contribution in [0.3, 0.4) is 0 Å². The lowest BCUT2D eigenvalue weighted by molar-refractivity contribution is -0.205. The Balaban J connectivity index is 3.71. The summed E-state index contributed by atoms with van der Waals surface area (Å²) in [6, 6.07) is 0. The van der Waals surface area contributed by atoms with E-state index in [9.17, 15) is 8.42 Å². The topological polar surface area (TPSA) is 61.8 Å². The summed E-state index contributed by atoms with van der Waals surface area (Å²) in [4.78, 5) is 4.39. The van der Waals surface area contributed by atoms with Crippen molar-refractivity contribution < 1.29 is 21.8 Å². The molecule has 0 spiro atoms. The fourth-order valence-corrected chi connectivity index (χ4v) is 3.12. The van der Waals surface area contributed by atoms with E-state index in [1.807, 2.05) is 6.92 Å². The maximum Gasteiger partial charge on any atom is 0.426 e. The van der Waals surface area contributed by atoms with Gasteiger partial charge in [-0.1, -0.05) is 70.1 Å². The van der Waals surface area contributed by atoms with Crippen LogP contribution in [-0.4, -0.2) is 21.6 Å². The highest BCUT2D eigenvalue weighted by Gasteiger charge is 2.16. The second-order valence-electron chi connectivity index (χ2n) is 6.17. The van der Waals surface area contributed by atoms with Crippen molar-refractivity contribution in [1.82, 2.24) is 0 Å². The number of rotatable bonds is 15. The van der Waals surface area contributed by atoms with Gasteiger partial charge in [0.25, 0.3) is 0 Å². The van der Waals surface area contributed by atoms with E-state index < -0.39 is 10.4 Å². The minimum absolute atomic E-state index is 0.135. The van der Waals surface area contributed by atoms with E-state index in [2.05, 4.69) is 23.1 Å². The molecule has 22 heavy (non-hydrogen) atoms. The van der Waals surface area contributed by atoms with Crippen LogP contribution in [-0.2, 0) is 23.8 Å². The minimum Gasteiger partial charge on any atom is -0.246 e. The molecule has 0 saturated heterocycles. The first kappa shape index (κ1) is 21.8. The van der Waals surface area contributed by atoms with Crippen molar-refractivity contribution in [1.29, 1.82) is 0 Å². The van der Waals surface area contributed by atoms with Gasteiger partial charge in [0.05, 0.1) is 13.2 Å². The van der Waals surface area contributed by atoms with Crippen molar-refractivity contribution in [3.05, 3.63) is 0 Å². The normalized spacial score (nSPS) is 14.9. The van der Waals surface area contributed by atoms with Gasteiger partial charge in [-0.05, 0) is 25.2 Å². The van der Waals surface area contributed by atoms with Gasteiger partial charge in [-0.2, -0.15) is 8.42 Å². The Hall–Kier alpha value is -0.170. The van der Waals surface area contributed by atoms with Gasteiger partial charge >= 0.3 is 10.4 Å². The van der Waals surface area contributed by atoms with Gasteiger partial charge in [-0.25, -0.2) is 9.07 Å². The summed E-state index contributed by atoms with van der Waals surface area (Å²) in [6.07, 6.45) is 9.99. The van der Waals surface area contributed by atoms with E-state index in [1.165, 1.54) is 44.9 Å². The fraction of sp³-hybridized carbons (Fsp3) is 1.00. The van der Waals surface area contributed by atoms with E-state index in [-0.39, 0.29) is 19.1 Å². The lowest BCUT2D eigenvalue weighted by Crippen LogP contribution is -2.17. The molecule has 2 atom stereocenters. The third kappa shape index (κ3) is 13.5. The molecule has 0 bridgehead atoms. The predicted octanol–water partition coefficient (Wildman–Crippen LogP) is 4.63. The van der Waals surface area contributed by atoms with Gasteiger partial charge < -0.3 is 0 Å². The first-order valence-electron chi connectivity index (χ1n) is 8.61. The number of unbranched alkanes of at least 4 members (excludes halogenated alkanes) is 5. The molecule has 0 radical (unpaired) electrons. The predicted molar refractivity (Wildman–Crippen MR) is 88.5 cm³/mol. The molecule has 0 aliphatic carbocycles. The van der Waals surface area contributed by atoms with Gasteiger partial charge in [0.2, 0.25) is 0 Å². The zero-order valence-corrected chi connectivity index (χ0v) is 15.5. The minimum atomic E-state index is -4.03. The molecule has 0 aromatic carbocycles. The van der Waals surface area contributed by atoms with Crippen LogP contribution in [0.25, 0.3) is 0 Å². The smallest absolute Gasteiger partial charge is 0.246 e. The SMILES string of the molecule is CCCCCCCCC(C)CC(C)COS(=O)(=O)OOCC. The van der Waals surface area contributed by atoms with E-state index >= 15 is 0 Å². The van der Waals surface area contributed by atoms with Crippen molar-refractivity contribution in [2.75, 3.05) is 13.2 Å². The molecule has 5 nitrogen and oxygen atoms in total. The summed E-state index contributed by atoms with van der Waals surface area (Å²) >= 11 is 0. The molecule has 2 unspecified atom stereocenters. The zero-order chi connectivity index (χ0) is 16.8. The Labute approximate surface area is 137 Å². The van der Waals surface area contributed by atoms with E-state index in [1.54, 1.807) is 6.92 Å². The summed E-state index contributed by atoms with van der Waals surface area (Å²) in [5, 5.41) is 0. The molecule has 0 N–H and O–H groups in total. The average molecular weight is 339 g/mol. The monoisotopic (exact) mass is 338 g/mol. The lowest BCUT2D eigenvalue weighted by atomic mass is 9.93. The first-order chi connectivity index (χ1) is 10.4. The highest BCUT2D eigenvalue weighted by molar-refractivity contribution is 7.81. The van der Waals surface area contributed by atoms with Gasteiger partial charge in [-0.15, -0.1) is 0 Å². The van der Waals surface area contributed by atoms with Crippen molar-refractivity contribution in [3.63, 3.8) is 0 Å². The molecule has 0 saturated carbocycles. The molecular formula is C16H34O5S. The highest BCUT2D eigenvalue weighted by Crippen LogP contribution is 2.19. The molecule has 6 heteroatoms.